The quantitative estimate of drug-likeness (QED) is 0.665. The highest BCUT2D eigenvalue weighted by molar-refractivity contribution is 7.89. The fraction of sp³-hybridized carbons (Fsp3) is 0.458. The number of carbonyl (C=O) groups is 1. The smallest absolute Gasteiger partial charge is 0.251 e. The third-order valence-corrected chi connectivity index (χ3v) is 6.93. The second kappa shape index (κ2) is 10.1. The van der Waals surface area contributed by atoms with Crippen LogP contribution in [0.25, 0.3) is 0 Å². The first-order valence-corrected chi connectivity index (χ1v) is 12.3. The van der Waals surface area contributed by atoms with Crippen LogP contribution in [0.1, 0.15) is 48.3 Å². The fourth-order valence-corrected chi connectivity index (χ4v) is 5.05. The zero-order valence-electron chi connectivity index (χ0n) is 19.2. The monoisotopic (exact) mass is 459 g/mol. The highest BCUT2D eigenvalue weighted by atomic mass is 32.2. The summed E-state index contributed by atoms with van der Waals surface area (Å²) in [4.78, 5) is 15.5. The molecule has 1 aliphatic rings. The molecule has 1 amide bonds. The Morgan fingerprint density at radius 1 is 1.09 bits per heavy atom. The first-order valence-electron chi connectivity index (χ1n) is 10.9. The van der Waals surface area contributed by atoms with Gasteiger partial charge in [0.1, 0.15) is 0 Å². The molecular formula is C24H33N3O4S. The number of hydrogen-bond donors (Lipinski definition) is 2. The fourth-order valence-electron chi connectivity index (χ4n) is 3.58. The number of nitrogens with one attached hydrogen (secondary N) is 2. The number of benzene rings is 2. The van der Waals surface area contributed by atoms with Crippen LogP contribution in [0.4, 0.5) is 0 Å². The molecule has 0 radical (unpaired) electrons. The molecule has 32 heavy (non-hydrogen) atoms. The first-order chi connectivity index (χ1) is 15.0. The maximum Gasteiger partial charge on any atom is 0.251 e. The number of aryl methyl sites for hydroxylation is 1. The van der Waals surface area contributed by atoms with E-state index in [-0.39, 0.29) is 16.8 Å². The van der Waals surface area contributed by atoms with Crippen LogP contribution in [0.15, 0.2) is 53.4 Å². The van der Waals surface area contributed by atoms with Crippen molar-refractivity contribution in [2.24, 2.45) is 0 Å². The van der Waals surface area contributed by atoms with E-state index in [0.29, 0.717) is 25.3 Å². The van der Waals surface area contributed by atoms with Crippen LogP contribution in [0, 0.1) is 6.92 Å². The zero-order valence-corrected chi connectivity index (χ0v) is 20.0. The molecule has 7 nitrogen and oxygen atoms in total. The lowest BCUT2D eigenvalue weighted by Crippen LogP contribution is -2.43. The van der Waals surface area contributed by atoms with E-state index in [2.05, 4.69) is 14.9 Å². The molecule has 174 valence electrons. The van der Waals surface area contributed by atoms with E-state index in [4.69, 9.17) is 4.74 Å². The van der Waals surface area contributed by atoms with Crippen molar-refractivity contribution in [2.75, 3.05) is 32.8 Å². The molecular weight excluding hydrogens is 426 g/mol. The van der Waals surface area contributed by atoms with Gasteiger partial charge in [-0.15, -0.1) is 0 Å². The Balaban J connectivity index is 1.81. The predicted octanol–water partition coefficient (Wildman–Crippen LogP) is 2.88. The van der Waals surface area contributed by atoms with Crippen LogP contribution in [-0.2, 0) is 14.8 Å². The predicted molar refractivity (Wildman–Crippen MR) is 125 cm³/mol. The van der Waals surface area contributed by atoms with Crippen molar-refractivity contribution >= 4 is 15.9 Å². The van der Waals surface area contributed by atoms with Gasteiger partial charge in [-0.3, -0.25) is 9.69 Å². The number of amides is 1. The van der Waals surface area contributed by atoms with Crippen molar-refractivity contribution in [2.45, 2.75) is 44.2 Å². The molecule has 2 aromatic carbocycles. The number of rotatable bonds is 7. The molecule has 1 atom stereocenters. The Morgan fingerprint density at radius 2 is 1.75 bits per heavy atom. The maximum atomic E-state index is 13.1. The molecule has 8 heteroatoms. The Kier molecular flexibility index (Phi) is 7.71. The highest BCUT2D eigenvalue weighted by Gasteiger charge is 2.24. The summed E-state index contributed by atoms with van der Waals surface area (Å²) >= 11 is 0. The molecule has 0 saturated carbocycles. The van der Waals surface area contributed by atoms with Gasteiger partial charge < -0.3 is 10.1 Å². The van der Waals surface area contributed by atoms with Gasteiger partial charge in [-0.2, -0.15) is 0 Å². The average Bonchev–Trinajstić information content (AvgIpc) is 2.73. The second-order valence-corrected chi connectivity index (χ2v) is 10.9. The lowest BCUT2D eigenvalue weighted by molar-refractivity contribution is 0.0332. The van der Waals surface area contributed by atoms with Crippen LogP contribution in [0.2, 0.25) is 0 Å². The van der Waals surface area contributed by atoms with Crippen molar-refractivity contribution in [3.05, 3.63) is 65.2 Å². The van der Waals surface area contributed by atoms with E-state index in [9.17, 15) is 13.2 Å². The van der Waals surface area contributed by atoms with Gasteiger partial charge in [0.2, 0.25) is 10.0 Å². The molecule has 2 N–H and O–H groups in total. The molecule has 0 spiro atoms. The molecule has 1 fully saturated rings. The average molecular weight is 460 g/mol. The molecule has 1 heterocycles. The van der Waals surface area contributed by atoms with E-state index in [1.54, 1.807) is 32.9 Å². The standard InChI is InChI=1S/C24H33N3O4S/c1-18-8-10-19(11-9-18)22(17-27-12-14-31-15-13-27)25-23(28)20-6-5-7-21(16-20)32(29,30)26-24(2,3)4/h5-11,16,22,26H,12-15,17H2,1-4H3,(H,25,28). The molecule has 3 rings (SSSR count). The van der Waals surface area contributed by atoms with Crippen molar-refractivity contribution in [1.29, 1.82) is 0 Å². The van der Waals surface area contributed by atoms with Crippen LogP contribution in [0.5, 0.6) is 0 Å². The van der Waals surface area contributed by atoms with Gasteiger partial charge in [0.25, 0.3) is 5.91 Å². The summed E-state index contributed by atoms with van der Waals surface area (Å²) in [5.41, 5.74) is 1.84. The number of carbonyl (C=O) groups excluding carboxylic acids is 1. The summed E-state index contributed by atoms with van der Waals surface area (Å²) in [5.74, 6) is -0.309. The lowest BCUT2D eigenvalue weighted by Gasteiger charge is -2.31. The van der Waals surface area contributed by atoms with Crippen molar-refractivity contribution in [3.8, 4) is 0 Å². The van der Waals surface area contributed by atoms with Gasteiger partial charge >= 0.3 is 0 Å². The second-order valence-electron chi connectivity index (χ2n) is 9.23. The van der Waals surface area contributed by atoms with E-state index >= 15 is 0 Å². The van der Waals surface area contributed by atoms with Gasteiger partial charge in [-0.05, 0) is 51.5 Å². The summed E-state index contributed by atoms with van der Waals surface area (Å²) in [5, 5.41) is 3.11. The third kappa shape index (κ3) is 6.87. The SMILES string of the molecule is Cc1ccc(C(CN2CCOCC2)NC(=O)c2cccc(S(=O)(=O)NC(C)(C)C)c2)cc1. The molecule has 0 bridgehead atoms. The molecule has 1 unspecified atom stereocenters. The topological polar surface area (TPSA) is 87.7 Å². The molecule has 0 aliphatic carbocycles. The summed E-state index contributed by atoms with van der Waals surface area (Å²) in [6, 6.07) is 14.0. The largest absolute Gasteiger partial charge is 0.379 e. The molecule has 1 saturated heterocycles. The Hall–Kier alpha value is -2.26. The van der Waals surface area contributed by atoms with Gasteiger partial charge in [0.15, 0.2) is 0 Å². The number of nitrogens with zero attached hydrogens (tertiary/aromatic N) is 1. The zero-order chi connectivity index (χ0) is 23.4. The third-order valence-electron chi connectivity index (χ3n) is 5.18. The van der Waals surface area contributed by atoms with E-state index in [0.717, 1.165) is 24.2 Å². The van der Waals surface area contributed by atoms with E-state index < -0.39 is 15.6 Å². The van der Waals surface area contributed by atoms with Crippen molar-refractivity contribution in [3.63, 3.8) is 0 Å². The summed E-state index contributed by atoms with van der Waals surface area (Å²) < 4.78 is 33.5. The van der Waals surface area contributed by atoms with Crippen LogP contribution >= 0.6 is 0 Å². The first kappa shape index (κ1) is 24.4. The van der Waals surface area contributed by atoms with Crippen molar-refractivity contribution in [1.82, 2.24) is 14.9 Å². The minimum Gasteiger partial charge on any atom is -0.379 e. The Bertz CT molecular complexity index is 1020. The van der Waals surface area contributed by atoms with Crippen molar-refractivity contribution < 1.29 is 17.9 Å². The number of ether oxygens (including phenoxy) is 1. The van der Waals surface area contributed by atoms with Gasteiger partial charge in [0, 0.05) is 30.7 Å². The normalized spacial score (nSPS) is 16.5. The van der Waals surface area contributed by atoms with Crippen LogP contribution < -0.4 is 10.0 Å². The number of hydrogen-bond acceptors (Lipinski definition) is 5. The molecule has 2 aromatic rings. The Labute approximate surface area is 191 Å². The summed E-state index contributed by atoms with van der Waals surface area (Å²) in [6.45, 7) is 11.0. The van der Waals surface area contributed by atoms with Gasteiger partial charge in [0.05, 0.1) is 24.2 Å². The van der Waals surface area contributed by atoms with Gasteiger partial charge in [-0.1, -0.05) is 35.9 Å². The highest BCUT2D eigenvalue weighted by Crippen LogP contribution is 2.19. The minimum atomic E-state index is -3.73. The van der Waals surface area contributed by atoms with Gasteiger partial charge in [-0.25, -0.2) is 13.1 Å². The van der Waals surface area contributed by atoms with E-state index in [1.807, 2.05) is 31.2 Å². The van der Waals surface area contributed by atoms with E-state index in [1.165, 1.54) is 12.1 Å². The minimum absolute atomic E-state index is 0.0696. The van der Waals surface area contributed by atoms with Crippen LogP contribution in [-0.4, -0.2) is 57.6 Å². The summed E-state index contributed by atoms with van der Waals surface area (Å²) in [6.07, 6.45) is 0. The molecule has 1 aliphatic heterocycles. The number of morpholine rings is 1. The van der Waals surface area contributed by atoms with Crippen LogP contribution in [0.3, 0.4) is 0 Å². The molecule has 0 aromatic heterocycles. The number of sulfonamides is 1. The Morgan fingerprint density at radius 3 is 2.38 bits per heavy atom. The summed E-state index contributed by atoms with van der Waals surface area (Å²) in [7, 11) is -3.73. The maximum absolute atomic E-state index is 13.1. The lowest BCUT2D eigenvalue weighted by atomic mass is 10.0.